The van der Waals surface area contributed by atoms with Gasteiger partial charge < -0.3 is 14.2 Å². The first-order valence-corrected chi connectivity index (χ1v) is 15.6. The van der Waals surface area contributed by atoms with Crippen LogP contribution in [0.15, 0.2) is 81.7 Å². The van der Waals surface area contributed by atoms with Crippen molar-refractivity contribution in [3.8, 4) is 11.5 Å². The average Bonchev–Trinajstić information content (AvgIpc) is 3.26. The SMILES string of the molecule is CCOC(=O)C1=C(C)N=c2s/c(=C/c3cc(I)c(OCc4ccc(Cl)cc4Cl)c(OC)c3)c(=O)n2[C@@H]1c1ccccc1. The Balaban J connectivity index is 1.56. The molecule has 4 aromatic rings. The molecule has 5 rings (SSSR count). The third-order valence-electron chi connectivity index (χ3n) is 6.57. The number of aromatic nitrogens is 1. The highest BCUT2D eigenvalue weighted by Gasteiger charge is 2.33. The summed E-state index contributed by atoms with van der Waals surface area (Å²) in [7, 11) is 1.56. The highest BCUT2D eigenvalue weighted by atomic mass is 127. The fourth-order valence-electron chi connectivity index (χ4n) is 4.65. The molecule has 1 aromatic heterocycles. The van der Waals surface area contributed by atoms with Crippen LogP contribution in [0.1, 0.15) is 36.6 Å². The third-order valence-corrected chi connectivity index (χ3v) is 8.94. The molecular formula is C31H25Cl2IN2O5S. The molecule has 0 aliphatic carbocycles. The van der Waals surface area contributed by atoms with Gasteiger partial charge >= 0.3 is 5.97 Å². The monoisotopic (exact) mass is 734 g/mol. The molecule has 0 saturated heterocycles. The lowest BCUT2D eigenvalue weighted by Gasteiger charge is -2.24. The number of nitrogens with zero attached hydrogens (tertiary/aromatic N) is 2. The molecule has 0 unspecified atom stereocenters. The molecule has 1 aliphatic rings. The van der Waals surface area contributed by atoms with Crippen LogP contribution in [0, 0.1) is 3.57 Å². The van der Waals surface area contributed by atoms with E-state index in [0.29, 0.717) is 42.1 Å². The number of halogens is 3. The van der Waals surface area contributed by atoms with Gasteiger partial charge in [0.2, 0.25) is 0 Å². The van der Waals surface area contributed by atoms with Gasteiger partial charge in [-0.3, -0.25) is 9.36 Å². The van der Waals surface area contributed by atoms with Gasteiger partial charge in [0.05, 0.1) is 39.1 Å². The van der Waals surface area contributed by atoms with Gasteiger partial charge in [-0.25, -0.2) is 9.79 Å². The number of thiazole rings is 1. The van der Waals surface area contributed by atoms with E-state index in [2.05, 4.69) is 27.6 Å². The molecule has 0 bridgehead atoms. The Kier molecular flexibility index (Phi) is 9.41. The molecule has 11 heteroatoms. The predicted molar refractivity (Wildman–Crippen MR) is 173 cm³/mol. The Morgan fingerprint density at radius 1 is 1.14 bits per heavy atom. The average molecular weight is 735 g/mol. The lowest BCUT2D eigenvalue weighted by molar-refractivity contribution is -0.139. The van der Waals surface area contributed by atoms with Crippen LogP contribution in [0.3, 0.4) is 0 Å². The molecule has 3 aromatic carbocycles. The highest BCUT2D eigenvalue weighted by molar-refractivity contribution is 14.1. The zero-order valence-corrected chi connectivity index (χ0v) is 27.3. The van der Waals surface area contributed by atoms with E-state index in [0.717, 1.165) is 20.3 Å². The van der Waals surface area contributed by atoms with E-state index in [1.165, 1.54) is 11.3 Å². The van der Waals surface area contributed by atoms with Gasteiger partial charge in [0, 0.05) is 15.6 Å². The first-order chi connectivity index (χ1) is 20.2. The van der Waals surface area contributed by atoms with Crippen molar-refractivity contribution < 1.29 is 19.0 Å². The molecule has 0 radical (unpaired) electrons. The van der Waals surface area contributed by atoms with Crippen LogP contribution in [0.5, 0.6) is 11.5 Å². The Morgan fingerprint density at radius 2 is 1.90 bits per heavy atom. The zero-order chi connectivity index (χ0) is 30.0. The smallest absolute Gasteiger partial charge is 0.338 e. The maximum atomic E-state index is 13.9. The molecule has 42 heavy (non-hydrogen) atoms. The zero-order valence-electron chi connectivity index (χ0n) is 22.8. The number of methoxy groups -OCH3 is 1. The molecule has 0 spiro atoms. The standard InChI is InChI=1S/C31H25Cl2IN2O5S/c1-4-40-30(38)26-17(2)35-31-36(27(26)19-8-6-5-7-9-19)29(37)25(42-31)14-18-12-23(34)28(24(13-18)39-3)41-16-20-10-11-21(32)15-22(20)33/h5-15,27H,4,16H2,1-3H3/b25-14+/t27-/m1/s1. The summed E-state index contributed by atoms with van der Waals surface area (Å²) in [6.45, 7) is 3.96. The number of fused-ring (bicyclic) bond motifs is 1. The van der Waals surface area contributed by atoms with Gasteiger partial charge in [-0.1, -0.05) is 70.9 Å². The topological polar surface area (TPSA) is 79.1 Å². The summed E-state index contributed by atoms with van der Waals surface area (Å²) in [4.78, 5) is 32.1. The van der Waals surface area contributed by atoms with Crippen LogP contribution in [0.2, 0.25) is 10.0 Å². The lowest BCUT2D eigenvalue weighted by atomic mass is 9.96. The summed E-state index contributed by atoms with van der Waals surface area (Å²) in [6, 6.07) is 17.7. The summed E-state index contributed by atoms with van der Waals surface area (Å²) < 4.78 is 19.9. The number of carbonyl (C=O) groups excluding carboxylic acids is 1. The van der Waals surface area contributed by atoms with E-state index in [1.54, 1.807) is 43.7 Å². The summed E-state index contributed by atoms with van der Waals surface area (Å²) in [5.74, 6) is 0.576. The van der Waals surface area contributed by atoms with E-state index >= 15 is 0 Å². The summed E-state index contributed by atoms with van der Waals surface area (Å²) >= 11 is 15.8. The molecular weight excluding hydrogens is 710 g/mol. The van der Waals surface area contributed by atoms with Crippen molar-refractivity contribution >= 4 is 69.2 Å². The third kappa shape index (κ3) is 6.15. The van der Waals surface area contributed by atoms with Gasteiger partial charge in [0.1, 0.15) is 6.61 Å². The van der Waals surface area contributed by atoms with Crippen LogP contribution in [0.4, 0.5) is 0 Å². The van der Waals surface area contributed by atoms with Crippen LogP contribution in [0.25, 0.3) is 6.08 Å². The fourth-order valence-corrected chi connectivity index (χ4v) is 6.94. The Hall–Kier alpha value is -3.12. The Bertz CT molecular complexity index is 1890. The van der Waals surface area contributed by atoms with E-state index < -0.39 is 12.0 Å². The number of carbonyl (C=O) groups is 1. The number of benzene rings is 3. The molecule has 2 heterocycles. The normalized spacial score (nSPS) is 14.8. The van der Waals surface area contributed by atoms with Crippen molar-refractivity contribution in [3.05, 3.63) is 122 Å². The molecule has 1 atom stereocenters. The Morgan fingerprint density at radius 3 is 2.60 bits per heavy atom. The first-order valence-electron chi connectivity index (χ1n) is 12.9. The molecule has 7 nitrogen and oxygen atoms in total. The van der Waals surface area contributed by atoms with Crippen LogP contribution < -0.4 is 24.4 Å². The number of hydrogen-bond donors (Lipinski definition) is 0. The largest absolute Gasteiger partial charge is 0.493 e. The van der Waals surface area contributed by atoms with Crippen molar-refractivity contribution in [2.24, 2.45) is 4.99 Å². The number of esters is 1. The molecule has 0 saturated carbocycles. The first kappa shape index (κ1) is 30.3. The number of rotatable bonds is 8. The van der Waals surface area contributed by atoms with Crippen molar-refractivity contribution in [1.82, 2.24) is 4.57 Å². The van der Waals surface area contributed by atoms with Crippen molar-refractivity contribution in [3.63, 3.8) is 0 Å². The van der Waals surface area contributed by atoms with Gasteiger partial charge in [-0.2, -0.15) is 0 Å². The molecule has 0 amide bonds. The van der Waals surface area contributed by atoms with Gasteiger partial charge in [0.15, 0.2) is 16.3 Å². The van der Waals surface area contributed by atoms with Gasteiger partial charge in [0.25, 0.3) is 5.56 Å². The van der Waals surface area contributed by atoms with Crippen LogP contribution >= 0.6 is 57.1 Å². The molecule has 1 aliphatic heterocycles. The lowest BCUT2D eigenvalue weighted by Crippen LogP contribution is -2.39. The van der Waals surface area contributed by atoms with Crippen molar-refractivity contribution in [1.29, 1.82) is 0 Å². The van der Waals surface area contributed by atoms with E-state index in [9.17, 15) is 9.59 Å². The second-order valence-corrected chi connectivity index (χ2v) is 12.3. The second kappa shape index (κ2) is 13.0. The molecule has 216 valence electrons. The van der Waals surface area contributed by atoms with Gasteiger partial charge in [-0.15, -0.1) is 0 Å². The van der Waals surface area contributed by atoms with E-state index in [-0.39, 0.29) is 18.8 Å². The van der Waals surface area contributed by atoms with Crippen molar-refractivity contribution in [2.75, 3.05) is 13.7 Å². The van der Waals surface area contributed by atoms with E-state index in [4.69, 9.17) is 37.4 Å². The van der Waals surface area contributed by atoms with E-state index in [1.807, 2.05) is 48.5 Å². The summed E-state index contributed by atoms with van der Waals surface area (Å²) in [5, 5.41) is 1.06. The van der Waals surface area contributed by atoms with Crippen LogP contribution in [-0.4, -0.2) is 24.3 Å². The highest BCUT2D eigenvalue weighted by Crippen LogP contribution is 2.36. The maximum Gasteiger partial charge on any atom is 0.338 e. The minimum atomic E-state index is -0.659. The minimum absolute atomic E-state index is 0.217. The number of ether oxygens (including phenoxy) is 3. The predicted octanol–water partition coefficient (Wildman–Crippen LogP) is 6.30. The van der Waals surface area contributed by atoms with Gasteiger partial charge in [-0.05, 0) is 77.9 Å². The quantitative estimate of drug-likeness (QED) is 0.157. The minimum Gasteiger partial charge on any atom is -0.493 e. The Labute approximate surface area is 269 Å². The molecule has 0 N–H and O–H groups in total. The summed E-state index contributed by atoms with van der Waals surface area (Å²) in [6.07, 6.45) is 1.79. The number of allylic oxidation sites excluding steroid dienone is 1. The molecule has 0 fully saturated rings. The summed E-state index contributed by atoms with van der Waals surface area (Å²) in [5.41, 5.74) is 2.94. The fraction of sp³-hybridized carbons (Fsp3) is 0.194. The van der Waals surface area contributed by atoms with Crippen LogP contribution in [-0.2, 0) is 16.1 Å². The second-order valence-electron chi connectivity index (χ2n) is 9.27. The van der Waals surface area contributed by atoms with Crippen molar-refractivity contribution in [2.45, 2.75) is 26.5 Å². The number of hydrogen-bond acceptors (Lipinski definition) is 7. The maximum absolute atomic E-state index is 13.9.